The Morgan fingerprint density at radius 1 is 1.29 bits per heavy atom. The van der Waals surface area contributed by atoms with Gasteiger partial charge in [0.25, 0.3) is 0 Å². The molecule has 1 N–H and O–H groups in total. The largest absolute Gasteiger partial charge is 0.284 e. The van der Waals surface area contributed by atoms with E-state index in [1.807, 2.05) is 0 Å². The molecule has 0 fully saturated rings. The first-order valence-electron chi connectivity index (χ1n) is 3.42. The van der Waals surface area contributed by atoms with Crippen LogP contribution in [0, 0.1) is 5.82 Å². The highest BCUT2D eigenvalue weighted by Crippen LogP contribution is 2.28. The van der Waals surface area contributed by atoms with Gasteiger partial charge in [0, 0.05) is 0 Å². The summed E-state index contributed by atoms with van der Waals surface area (Å²) in [6, 6.07) is 2.70. The van der Waals surface area contributed by atoms with E-state index in [9.17, 15) is 12.8 Å². The fraction of sp³-hybridized carbons (Fsp3) is 0.143. The van der Waals surface area contributed by atoms with Crippen LogP contribution in [0.5, 0.6) is 0 Å². The third-order valence-corrected chi connectivity index (χ3v) is 3.05. The SMILES string of the molecule is CS(=O)(=O)Nc1cc(Br)c(F)c(Br)c1. The van der Waals surface area contributed by atoms with E-state index in [0.717, 1.165) is 6.26 Å². The lowest BCUT2D eigenvalue weighted by Crippen LogP contribution is -2.09. The average molecular weight is 347 g/mol. The first kappa shape index (κ1) is 11.9. The van der Waals surface area contributed by atoms with Crippen LogP contribution in [0.3, 0.4) is 0 Å². The summed E-state index contributed by atoms with van der Waals surface area (Å²) in [6.45, 7) is 0. The zero-order valence-corrected chi connectivity index (χ0v) is 11.0. The second kappa shape index (κ2) is 4.16. The van der Waals surface area contributed by atoms with Crippen molar-refractivity contribution in [3.8, 4) is 0 Å². The molecule has 0 unspecified atom stereocenters. The number of hydrogen-bond donors (Lipinski definition) is 1. The van der Waals surface area contributed by atoms with Crippen LogP contribution < -0.4 is 4.72 Å². The van der Waals surface area contributed by atoms with Crippen molar-refractivity contribution in [1.82, 2.24) is 0 Å². The molecule has 0 atom stereocenters. The molecular formula is C7H6Br2FNO2S. The summed E-state index contributed by atoms with van der Waals surface area (Å²) in [6.07, 6.45) is 1.03. The van der Waals surface area contributed by atoms with E-state index in [1.165, 1.54) is 12.1 Å². The molecule has 1 rings (SSSR count). The molecule has 14 heavy (non-hydrogen) atoms. The summed E-state index contributed by atoms with van der Waals surface area (Å²) in [5.41, 5.74) is 0.299. The fourth-order valence-corrected chi connectivity index (χ4v) is 2.56. The monoisotopic (exact) mass is 345 g/mol. The van der Waals surface area contributed by atoms with Gasteiger partial charge in [0.2, 0.25) is 10.0 Å². The minimum atomic E-state index is -3.34. The molecule has 0 radical (unpaired) electrons. The second-order valence-electron chi connectivity index (χ2n) is 2.63. The average Bonchev–Trinajstić information content (AvgIpc) is 1.96. The maximum Gasteiger partial charge on any atom is 0.229 e. The van der Waals surface area contributed by atoms with Crippen molar-refractivity contribution in [1.29, 1.82) is 0 Å². The fourth-order valence-electron chi connectivity index (χ4n) is 0.829. The summed E-state index contributed by atoms with van der Waals surface area (Å²) in [7, 11) is -3.34. The van der Waals surface area contributed by atoms with Crippen LogP contribution in [0.2, 0.25) is 0 Å². The molecule has 1 aromatic carbocycles. The Morgan fingerprint density at radius 3 is 2.07 bits per heavy atom. The Labute approximate surface area is 98.0 Å². The van der Waals surface area contributed by atoms with Crippen LogP contribution in [0.25, 0.3) is 0 Å². The Kier molecular flexibility index (Phi) is 3.54. The number of hydrogen-bond acceptors (Lipinski definition) is 2. The molecule has 0 bridgehead atoms. The van der Waals surface area contributed by atoms with Crippen molar-refractivity contribution in [2.75, 3.05) is 11.0 Å². The van der Waals surface area contributed by atoms with Gasteiger partial charge >= 0.3 is 0 Å². The Morgan fingerprint density at radius 2 is 1.71 bits per heavy atom. The summed E-state index contributed by atoms with van der Waals surface area (Å²) in [4.78, 5) is 0. The van der Waals surface area contributed by atoms with Crippen LogP contribution in [0.1, 0.15) is 0 Å². The first-order chi connectivity index (χ1) is 6.29. The van der Waals surface area contributed by atoms with E-state index in [2.05, 4.69) is 36.6 Å². The van der Waals surface area contributed by atoms with Gasteiger partial charge in [-0.15, -0.1) is 0 Å². The van der Waals surface area contributed by atoms with Crippen molar-refractivity contribution in [2.45, 2.75) is 0 Å². The topological polar surface area (TPSA) is 46.2 Å². The van der Waals surface area contributed by atoms with Crippen molar-refractivity contribution in [3.63, 3.8) is 0 Å². The maximum atomic E-state index is 13.1. The molecule has 0 aliphatic carbocycles. The molecule has 0 spiro atoms. The van der Waals surface area contributed by atoms with Crippen molar-refractivity contribution in [2.24, 2.45) is 0 Å². The Hall–Kier alpha value is -0.140. The molecule has 0 aromatic heterocycles. The molecule has 1 aromatic rings. The zero-order chi connectivity index (χ0) is 10.9. The third-order valence-electron chi connectivity index (χ3n) is 1.29. The van der Waals surface area contributed by atoms with Crippen LogP contribution in [-0.2, 0) is 10.0 Å². The molecule has 0 aliphatic rings. The van der Waals surface area contributed by atoms with E-state index in [1.54, 1.807) is 0 Å². The first-order valence-corrected chi connectivity index (χ1v) is 6.89. The number of benzene rings is 1. The molecule has 0 aliphatic heterocycles. The maximum absolute atomic E-state index is 13.1. The van der Waals surface area contributed by atoms with Crippen LogP contribution in [0.4, 0.5) is 10.1 Å². The quantitative estimate of drug-likeness (QED) is 0.837. The number of halogens is 3. The van der Waals surface area contributed by atoms with Crippen molar-refractivity contribution in [3.05, 3.63) is 26.9 Å². The van der Waals surface area contributed by atoms with Crippen LogP contribution in [-0.4, -0.2) is 14.7 Å². The standard InChI is InChI=1S/C7H6Br2FNO2S/c1-14(12,13)11-4-2-5(8)7(10)6(9)3-4/h2-3,11H,1H3. The van der Waals surface area contributed by atoms with Gasteiger partial charge in [-0.1, -0.05) is 0 Å². The predicted molar refractivity (Wildman–Crippen MR) is 60.3 cm³/mol. The number of sulfonamides is 1. The predicted octanol–water partition coefficient (Wildman–Crippen LogP) is 2.72. The van der Waals surface area contributed by atoms with E-state index in [-0.39, 0.29) is 8.95 Å². The lowest BCUT2D eigenvalue weighted by Gasteiger charge is -2.05. The highest BCUT2D eigenvalue weighted by Gasteiger charge is 2.09. The van der Waals surface area contributed by atoms with Gasteiger partial charge in [-0.3, -0.25) is 4.72 Å². The Bertz CT molecular complexity index is 438. The Balaban J connectivity index is 3.14. The van der Waals surface area contributed by atoms with Gasteiger partial charge < -0.3 is 0 Å². The minimum absolute atomic E-state index is 0.193. The van der Waals surface area contributed by atoms with Crippen molar-refractivity contribution < 1.29 is 12.8 Å². The molecule has 0 amide bonds. The summed E-state index contributed by atoms with van der Waals surface area (Å²) < 4.78 is 37.4. The van der Waals surface area contributed by atoms with Gasteiger partial charge in [0.1, 0.15) is 0 Å². The van der Waals surface area contributed by atoms with E-state index < -0.39 is 15.8 Å². The zero-order valence-electron chi connectivity index (χ0n) is 7.01. The van der Waals surface area contributed by atoms with E-state index in [4.69, 9.17) is 0 Å². The number of nitrogens with one attached hydrogen (secondary N) is 1. The van der Waals surface area contributed by atoms with Gasteiger partial charge in [0.15, 0.2) is 5.82 Å². The smallest absolute Gasteiger partial charge is 0.229 e. The highest BCUT2D eigenvalue weighted by molar-refractivity contribution is 9.11. The van der Waals surface area contributed by atoms with Gasteiger partial charge in [-0.2, -0.15) is 0 Å². The highest BCUT2D eigenvalue weighted by atomic mass is 79.9. The summed E-state index contributed by atoms with van der Waals surface area (Å²) in [5.74, 6) is -0.468. The van der Waals surface area contributed by atoms with E-state index >= 15 is 0 Å². The third kappa shape index (κ3) is 3.21. The molecule has 0 saturated carbocycles. The van der Waals surface area contributed by atoms with Gasteiger partial charge in [0.05, 0.1) is 20.9 Å². The lowest BCUT2D eigenvalue weighted by atomic mass is 10.3. The van der Waals surface area contributed by atoms with Crippen molar-refractivity contribution >= 4 is 47.6 Å². The number of anilines is 1. The molecule has 78 valence electrons. The second-order valence-corrected chi connectivity index (χ2v) is 6.09. The lowest BCUT2D eigenvalue weighted by molar-refractivity contribution is 0.606. The molecule has 0 heterocycles. The van der Waals surface area contributed by atoms with Crippen LogP contribution >= 0.6 is 31.9 Å². The molecule has 3 nitrogen and oxygen atoms in total. The summed E-state index contributed by atoms with van der Waals surface area (Å²) >= 11 is 5.93. The molecule has 7 heteroatoms. The molecular weight excluding hydrogens is 341 g/mol. The van der Waals surface area contributed by atoms with Crippen LogP contribution in [0.15, 0.2) is 21.1 Å². The normalized spacial score (nSPS) is 11.4. The number of rotatable bonds is 2. The minimum Gasteiger partial charge on any atom is -0.284 e. The van der Waals surface area contributed by atoms with Gasteiger partial charge in [-0.05, 0) is 44.0 Å². The van der Waals surface area contributed by atoms with E-state index in [0.29, 0.717) is 5.69 Å². The van der Waals surface area contributed by atoms with Gasteiger partial charge in [-0.25, -0.2) is 12.8 Å². The summed E-state index contributed by atoms with van der Waals surface area (Å²) in [5, 5.41) is 0. The molecule has 0 saturated heterocycles.